The molecule has 11 heteroatoms. The molecule has 0 aliphatic heterocycles. The van der Waals surface area contributed by atoms with E-state index >= 15 is 0 Å². The van der Waals surface area contributed by atoms with E-state index in [-0.39, 0.29) is 48.3 Å². The number of carbonyl (C=O) groups is 1. The maximum absolute atomic E-state index is 13.6. The summed E-state index contributed by atoms with van der Waals surface area (Å²) < 4.78 is 114. The van der Waals surface area contributed by atoms with Crippen molar-refractivity contribution in [3.05, 3.63) is 102 Å². The fourth-order valence-corrected chi connectivity index (χ4v) is 3.37. The maximum Gasteiger partial charge on any atom is 0.422 e. The zero-order valence-electron chi connectivity index (χ0n) is 20.7. The summed E-state index contributed by atoms with van der Waals surface area (Å²) in [5, 5.41) is 0. The first-order valence-electron chi connectivity index (χ1n) is 11.6. The summed E-state index contributed by atoms with van der Waals surface area (Å²) in [6, 6.07) is 4.05. The highest BCUT2D eigenvalue weighted by atomic mass is 19.4. The standard InChI is InChI=1S/C28H26F8O3/c1-3-5-24(20-9-11-21(12-10-20)28(34,35)36)25(37)15-8-19-6-13-22(38-17-26(29,30)4-2)16-23(14-7-19)39-18-27(31,32)33/h3-6,9-12,14,16H,1-2,7-8,13,15,17-18H2/b19-6?,22-16?,23-14?,24-5-. The lowest BCUT2D eigenvalue weighted by molar-refractivity contribution is -0.163. The van der Waals surface area contributed by atoms with Gasteiger partial charge in [0.2, 0.25) is 0 Å². The van der Waals surface area contributed by atoms with Gasteiger partial charge in [-0.25, -0.2) is 0 Å². The molecule has 39 heavy (non-hydrogen) atoms. The average molecular weight is 562 g/mol. The minimum Gasteiger partial charge on any atom is -0.491 e. The molecule has 0 bridgehead atoms. The van der Waals surface area contributed by atoms with Crippen molar-refractivity contribution in [2.24, 2.45) is 0 Å². The summed E-state index contributed by atoms with van der Waals surface area (Å²) in [7, 11) is 0. The van der Waals surface area contributed by atoms with Gasteiger partial charge in [-0.15, -0.1) is 0 Å². The molecular formula is C28H26F8O3. The van der Waals surface area contributed by atoms with Crippen molar-refractivity contribution in [2.75, 3.05) is 13.2 Å². The van der Waals surface area contributed by atoms with Crippen LogP contribution in [-0.4, -0.2) is 31.1 Å². The van der Waals surface area contributed by atoms with E-state index in [4.69, 9.17) is 9.47 Å². The van der Waals surface area contributed by atoms with E-state index in [9.17, 15) is 39.9 Å². The van der Waals surface area contributed by atoms with E-state index in [1.54, 1.807) is 6.08 Å². The Bertz CT molecular complexity index is 1150. The number of hydrogen-bond donors (Lipinski definition) is 0. The topological polar surface area (TPSA) is 35.5 Å². The fourth-order valence-electron chi connectivity index (χ4n) is 3.37. The summed E-state index contributed by atoms with van der Waals surface area (Å²) in [5.41, 5.74) is 0.102. The van der Waals surface area contributed by atoms with Crippen molar-refractivity contribution in [2.45, 2.75) is 44.0 Å². The number of rotatable bonds is 12. The second kappa shape index (κ2) is 13.4. The molecule has 1 aromatic rings. The predicted octanol–water partition coefficient (Wildman–Crippen LogP) is 8.53. The maximum atomic E-state index is 13.6. The zero-order valence-corrected chi connectivity index (χ0v) is 20.7. The summed E-state index contributed by atoms with van der Waals surface area (Å²) >= 11 is 0. The third kappa shape index (κ3) is 10.9. The molecule has 0 radical (unpaired) electrons. The lowest BCUT2D eigenvalue weighted by Crippen LogP contribution is -2.20. The Kier molecular flexibility index (Phi) is 10.9. The number of ether oxygens (including phenoxy) is 2. The molecular weight excluding hydrogens is 536 g/mol. The molecule has 0 saturated heterocycles. The number of ketones is 1. The van der Waals surface area contributed by atoms with E-state index in [2.05, 4.69) is 13.2 Å². The minimum atomic E-state index is -4.63. The van der Waals surface area contributed by atoms with Crippen molar-refractivity contribution < 1.29 is 49.4 Å². The third-order valence-electron chi connectivity index (χ3n) is 5.39. The smallest absolute Gasteiger partial charge is 0.422 e. The molecule has 0 amide bonds. The molecule has 0 atom stereocenters. The van der Waals surface area contributed by atoms with E-state index < -0.39 is 42.8 Å². The number of Topliss-reactive ketones (excluding diaryl/α,β-unsaturated/α-hetero) is 1. The quantitative estimate of drug-likeness (QED) is 0.111. The Balaban J connectivity index is 2.19. The van der Waals surface area contributed by atoms with Crippen LogP contribution in [0.4, 0.5) is 35.1 Å². The highest BCUT2D eigenvalue weighted by Gasteiger charge is 2.31. The molecule has 2 rings (SSSR count). The molecule has 0 spiro atoms. The van der Waals surface area contributed by atoms with Gasteiger partial charge in [0.05, 0.1) is 5.56 Å². The van der Waals surface area contributed by atoms with Crippen LogP contribution in [0.3, 0.4) is 0 Å². The van der Waals surface area contributed by atoms with Gasteiger partial charge < -0.3 is 9.47 Å². The van der Waals surface area contributed by atoms with Crippen LogP contribution in [-0.2, 0) is 20.4 Å². The number of hydrogen-bond acceptors (Lipinski definition) is 3. The van der Waals surface area contributed by atoms with Gasteiger partial charge in [-0.2, -0.15) is 35.1 Å². The van der Waals surface area contributed by atoms with Crippen molar-refractivity contribution >= 4 is 11.4 Å². The van der Waals surface area contributed by atoms with Crippen molar-refractivity contribution in [3.8, 4) is 0 Å². The molecule has 0 saturated carbocycles. The Morgan fingerprint density at radius 1 is 0.897 bits per heavy atom. The van der Waals surface area contributed by atoms with Gasteiger partial charge in [0.15, 0.2) is 19.0 Å². The van der Waals surface area contributed by atoms with Crippen LogP contribution in [0.25, 0.3) is 5.57 Å². The first-order chi connectivity index (χ1) is 18.1. The van der Waals surface area contributed by atoms with Gasteiger partial charge in [-0.3, -0.25) is 4.79 Å². The Labute approximate surface area is 220 Å². The van der Waals surface area contributed by atoms with Gasteiger partial charge >= 0.3 is 12.4 Å². The minimum absolute atomic E-state index is 0.0578. The van der Waals surface area contributed by atoms with Crippen LogP contribution >= 0.6 is 0 Å². The van der Waals surface area contributed by atoms with Crippen molar-refractivity contribution in [1.29, 1.82) is 0 Å². The van der Waals surface area contributed by atoms with Crippen LogP contribution < -0.4 is 0 Å². The molecule has 1 aliphatic rings. The lowest BCUT2D eigenvalue weighted by atomic mass is 9.94. The summed E-state index contributed by atoms with van der Waals surface area (Å²) in [4.78, 5) is 12.9. The van der Waals surface area contributed by atoms with E-state index in [1.165, 1.54) is 30.4 Å². The molecule has 3 nitrogen and oxygen atoms in total. The summed E-state index contributed by atoms with van der Waals surface area (Å²) in [5.74, 6) is -4.10. The second-order valence-electron chi connectivity index (χ2n) is 8.46. The monoisotopic (exact) mass is 562 g/mol. The zero-order chi connectivity index (χ0) is 29.3. The molecule has 0 unspecified atom stereocenters. The molecule has 0 aromatic heterocycles. The van der Waals surface area contributed by atoms with Gasteiger partial charge in [-0.05, 0) is 42.7 Å². The summed E-state index contributed by atoms with van der Waals surface area (Å²) in [6.45, 7) is 3.84. The van der Waals surface area contributed by atoms with E-state index in [1.807, 2.05) is 0 Å². The number of carbonyl (C=O) groups excluding carboxylic acids is 1. The first-order valence-corrected chi connectivity index (χ1v) is 11.6. The van der Waals surface area contributed by atoms with Crippen LogP contribution in [0.1, 0.15) is 36.8 Å². The normalized spacial score (nSPS) is 15.3. The second-order valence-corrected chi connectivity index (χ2v) is 8.46. The van der Waals surface area contributed by atoms with E-state index in [0.29, 0.717) is 11.6 Å². The molecule has 212 valence electrons. The molecule has 1 aromatic carbocycles. The largest absolute Gasteiger partial charge is 0.491 e. The third-order valence-corrected chi connectivity index (χ3v) is 5.39. The highest BCUT2D eigenvalue weighted by molar-refractivity contribution is 6.21. The van der Waals surface area contributed by atoms with Gasteiger partial charge in [0, 0.05) is 24.5 Å². The highest BCUT2D eigenvalue weighted by Crippen LogP contribution is 2.31. The lowest BCUT2D eigenvalue weighted by Gasteiger charge is -2.18. The molecule has 0 fully saturated rings. The summed E-state index contributed by atoms with van der Waals surface area (Å²) in [6.07, 6.45) is -2.00. The number of alkyl halides is 8. The van der Waals surface area contributed by atoms with Crippen LogP contribution in [0.2, 0.25) is 0 Å². The number of benzene rings is 1. The molecule has 0 N–H and O–H groups in total. The molecule has 1 aliphatic carbocycles. The number of allylic oxidation sites excluding steroid dienone is 7. The number of halogens is 8. The molecule has 0 heterocycles. The average Bonchev–Trinajstić information content (AvgIpc) is 2.84. The fraction of sp³-hybridized carbons (Fsp3) is 0.321. The Morgan fingerprint density at radius 2 is 1.56 bits per heavy atom. The van der Waals surface area contributed by atoms with Crippen molar-refractivity contribution in [3.63, 3.8) is 0 Å². The first kappa shape index (κ1) is 31.6. The van der Waals surface area contributed by atoms with Gasteiger partial charge in [0.1, 0.15) is 11.5 Å². The Morgan fingerprint density at radius 3 is 2.13 bits per heavy atom. The predicted molar refractivity (Wildman–Crippen MR) is 130 cm³/mol. The van der Waals surface area contributed by atoms with Crippen molar-refractivity contribution in [1.82, 2.24) is 0 Å². The Hall–Kier alpha value is -3.63. The van der Waals surface area contributed by atoms with Crippen LogP contribution in [0.15, 0.2) is 91.0 Å². The SMILES string of the molecule is C=C/C=C(\C(=O)CCC1=CCC(OCC(F)(F)C=C)=CC(OCC(F)(F)F)=CC1)c1ccc(C(F)(F)F)cc1. The van der Waals surface area contributed by atoms with Crippen LogP contribution in [0.5, 0.6) is 0 Å². The van der Waals surface area contributed by atoms with Gasteiger partial charge in [-0.1, -0.05) is 49.1 Å². The van der Waals surface area contributed by atoms with Gasteiger partial charge in [0.25, 0.3) is 5.92 Å². The van der Waals surface area contributed by atoms with Crippen LogP contribution in [0, 0.1) is 0 Å². The van der Waals surface area contributed by atoms with E-state index in [0.717, 1.165) is 18.2 Å².